The Kier molecular flexibility index (Phi) is 18.2. The number of ketones is 1. The van der Waals surface area contributed by atoms with Crippen LogP contribution in [-0.4, -0.2) is 91.0 Å². The van der Waals surface area contributed by atoms with Crippen LogP contribution >= 0.6 is 68.0 Å². The number of amides is 4. The molecule has 0 radical (unpaired) electrons. The topological polar surface area (TPSA) is 311 Å². The zero-order chi connectivity index (χ0) is 55.1. The lowest BCUT2D eigenvalue weighted by atomic mass is 10.0. The fourth-order valence-corrected chi connectivity index (χ4v) is 13.0. The molecule has 8 aromatic rings. The van der Waals surface area contributed by atoms with E-state index in [2.05, 4.69) is 36.2 Å². The summed E-state index contributed by atoms with van der Waals surface area (Å²) in [5.41, 5.74) is 16.3. The van der Waals surface area contributed by atoms with Crippen LogP contribution in [0.3, 0.4) is 0 Å². The van der Waals surface area contributed by atoms with Gasteiger partial charge >= 0.3 is 5.97 Å². The van der Waals surface area contributed by atoms with Gasteiger partial charge in [0, 0.05) is 53.0 Å². The van der Waals surface area contributed by atoms with Crippen molar-refractivity contribution in [2.75, 3.05) is 26.4 Å². The average Bonchev–Trinajstić information content (AvgIpc) is 4.31. The second-order valence-electron chi connectivity index (χ2n) is 17.5. The minimum atomic E-state index is -0.965. The van der Waals surface area contributed by atoms with Gasteiger partial charge in [-0.1, -0.05) is 44.2 Å². The number of thiazole rings is 6. The molecule has 7 heterocycles. The van der Waals surface area contributed by atoms with Gasteiger partial charge in [-0.15, -0.1) is 68.0 Å². The molecule has 0 saturated carbocycles. The van der Waals surface area contributed by atoms with E-state index in [1.807, 2.05) is 61.0 Å². The number of carbonyl (C=O) groups is 6. The Hall–Kier alpha value is -7.11. The molecule has 8 N–H and O–H groups in total. The highest BCUT2D eigenvalue weighted by Crippen LogP contribution is 2.40. The molecular weight excluding hydrogens is 1100 g/mol. The molecule has 0 spiro atoms. The monoisotopic (exact) mass is 1150 g/mol. The lowest BCUT2D eigenvalue weighted by molar-refractivity contribution is -0.148. The molecule has 21 nitrogen and oxygen atoms in total. The maximum absolute atomic E-state index is 14.2. The number of rotatable bonds is 22. The second-order valence-corrected chi connectivity index (χ2v) is 23.3. The maximum atomic E-state index is 14.2. The van der Waals surface area contributed by atoms with Crippen molar-refractivity contribution in [1.29, 1.82) is 0 Å². The summed E-state index contributed by atoms with van der Waals surface area (Å²) in [6.45, 7) is 8.12. The van der Waals surface area contributed by atoms with Gasteiger partial charge in [-0.25, -0.2) is 34.9 Å². The number of nitrogen functional groups attached to an aromatic ring is 1. The van der Waals surface area contributed by atoms with Crippen LogP contribution in [0.25, 0.3) is 43.4 Å². The lowest BCUT2D eigenvalue weighted by Crippen LogP contribution is -2.34. The third kappa shape index (κ3) is 13.4. The van der Waals surface area contributed by atoms with Crippen LogP contribution in [-0.2, 0) is 30.5 Å². The van der Waals surface area contributed by atoms with Crippen molar-refractivity contribution in [2.45, 2.75) is 71.9 Å². The predicted octanol–water partition coefficient (Wildman–Crippen LogP) is 7.88. The Morgan fingerprint density at radius 3 is 2.10 bits per heavy atom. The summed E-state index contributed by atoms with van der Waals surface area (Å²) in [6, 6.07) is 10.5. The van der Waals surface area contributed by atoms with E-state index in [0.717, 1.165) is 16.9 Å². The zero-order valence-electron chi connectivity index (χ0n) is 42.4. The van der Waals surface area contributed by atoms with Gasteiger partial charge in [0.25, 0.3) is 17.7 Å². The number of anilines is 1. The molecule has 77 heavy (non-hydrogen) atoms. The van der Waals surface area contributed by atoms with Crippen molar-refractivity contribution >= 4 is 109 Å². The fraction of sp³-hybridized carbons (Fsp3) is 0.300. The molecule has 4 amide bonds. The molecule has 0 unspecified atom stereocenters. The van der Waals surface area contributed by atoms with E-state index in [-0.39, 0.29) is 54.3 Å². The van der Waals surface area contributed by atoms with Gasteiger partial charge in [0.1, 0.15) is 81.9 Å². The number of hydrogen-bond donors (Lipinski definition) is 6. The second kappa shape index (κ2) is 24.9. The van der Waals surface area contributed by atoms with Crippen molar-refractivity contribution < 1.29 is 38.2 Å². The Bertz CT molecular complexity index is 3450. The fourth-order valence-electron chi connectivity index (χ4n) is 7.61. The molecule has 1 aromatic carbocycles. The van der Waals surface area contributed by atoms with Crippen molar-refractivity contribution in [1.82, 2.24) is 56.2 Å². The normalized spacial score (nSPS) is 12.9. The maximum Gasteiger partial charge on any atom is 0.303 e. The van der Waals surface area contributed by atoms with Crippen molar-refractivity contribution in [3.8, 4) is 43.4 Å². The summed E-state index contributed by atoms with van der Waals surface area (Å²) in [6.07, 6.45) is -0.966. The third-order valence-corrected chi connectivity index (χ3v) is 17.1. The van der Waals surface area contributed by atoms with E-state index in [4.69, 9.17) is 40.9 Å². The van der Waals surface area contributed by atoms with E-state index >= 15 is 0 Å². The number of hydrogen-bond acceptors (Lipinski definition) is 23. The average molecular weight is 1150 g/mol. The molecule has 7 aromatic heterocycles. The summed E-state index contributed by atoms with van der Waals surface area (Å²) in [7, 11) is 2.97. The van der Waals surface area contributed by atoms with Gasteiger partial charge in [0.15, 0.2) is 0 Å². The van der Waals surface area contributed by atoms with E-state index in [9.17, 15) is 28.8 Å². The third-order valence-electron chi connectivity index (χ3n) is 11.3. The minimum absolute atomic E-state index is 0.0548. The summed E-state index contributed by atoms with van der Waals surface area (Å²) >= 11 is 7.58. The highest BCUT2D eigenvalue weighted by Gasteiger charge is 2.32. The van der Waals surface area contributed by atoms with Crippen LogP contribution in [0, 0.1) is 12.8 Å². The van der Waals surface area contributed by atoms with Crippen LogP contribution in [0.4, 0.5) is 5.82 Å². The Morgan fingerprint density at radius 2 is 1.42 bits per heavy atom. The molecule has 400 valence electrons. The molecule has 0 aliphatic heterocycles. The number of carbonyl (C=O) groups excluding carboxylic acids is 6. The van der Waals surface area contributed by atoms with Gasteiger partial charge < -0.3 is 42.2 Å². The van der Waals surface area contributed by atoms with Crippen LogP contribution < -0.4 is 32.7 Å². The summed E-state index contributed by atoms with van der Waals surface area (Å²) in [5, 5.41) is 21.0. The van der Waals surface area contributed by atoms with E-state index < -0.39 is 47.9 Å². The van der Waals surface area contributed by atoms with Gasteiger partial charge in [-0.2, -0.15) is 0 Å². The van der Waals surface area contributed by atoms with E-state index in [1.165, 1.54) is 84.7 Å². The molecule has 0 bridgehead atoms. The number of Topliss-reactive ketones (excluding diaryl/α,β-unsaturated/α-hetero) is 1. The molecule has 27 heteroatoms. The summed E-state index contributed by atoms with van der Waals surface area (Å²) in [4.78, 5) is 112. The minimum Gasteiger partial charge on any atom is -0.456 e. The van der Waals surface area contributed by atoms with Gasteiger partial charge in [-0.3, -0.25) is 28.8 Å². The highest BCUT2D eigenvalue weighted by molar-refractivity contribution is 7.15. The molecule has 4 atom stereocenters. The van der Waals surface area contributed by atoms with Crippen molar-refractivity contribution in [2.24, 2.45) is 11.7 Å². The molecular formula is C50H51N13O8S6. The van der Waals surface area contributed by atoms with Crippen LogP contribution in [0.15, 0.2) is 64.0 Å². The molecule has 0 aliphatic rings. The number of esters is 1. The highest BCUT2D eigenvalue weighted by atomic mass is 32.1. The number of aromatic nitrogens is 7. The predicted molar refractivity (Wildman–Crippen MR) is 298 cm³/mol. The Labute approximate surface area is 465 Å². The summed E-state index contributed by atoms with van der Waals surface area (Å²) < 4.78 is 11.0. The number of ether oxygens (including phenoxy) is 2. The number of benzene rings is 1. The number of methoxy groups -OCH3 is 1. The number of pyridine rings is 1. The Morgan fingerprint density at radius 1 is 0.701 bits per heavy atom. The zero-order valence-corrected chi connectivity index (χ0v) is 47.3. The SMILES string of the molecule is CNC(=O)C[C@H](NC(=O)c1csc(-c2ccc(-c3nc(N)cs3)nc2-c2csc(-c3csc([C@@H](N)[C@@H](OC(C)=O)c4ccccc4)n3)n2)n1)c1nc(C(=O)N[C@H](c2nc(C(=O)NCC(C)=O)c(COC)s2)C(C)C)c(C)s1. The molecule has 0 fully saturated rings. The molecule has 0 aliphatic carbocycles. The van der Waals surface area contributed by atoms with E-state index in [1.54, 1.807) is 23.8 Å². The van der Waals surface area contributed by atoms with Crippen LogP contribution in [0.2, 0.25) is 0 Å². The summed E-state index contributed by atoms with van der Waals surface area (Å²) in [5.74, 6) is -2.58. The first-order valence-electron chi connectivity index (χ1n) is 23.5. The Balaban J connectivity index is 1.04. The van der Waals surface area contributed by atoms with Gasteiger partial charge in [0.2, 0.25) is 5.91 Å². The first kappa shape index (κ1) is 56.1. The standard InChI is InChI=1S/C50H51N13O8S6/c1-22(2)37(50-63-40(33(77-50)17-70-7)43(68)54-16-23(3)64)61-44(69)38-24(4)76-48(62-38)29(15-35(66)53-6)56-42(67)31-19-72-45(58-31)27-13-14-28(46-60-34(51)21-75-46)55-39(27)30-18-73-47(57-30)32-20-74-49(59-32)36(52)41(71-25(5)65)26-11-9-8-10-12-26/h8-14,18-22,29,36-37,41H,15-17,51-52H2,1-7H3,(H,53,66)(H,54,68)(H,56,67)(H,61,69)/t29-,36-,37-,41-/m0/s1. The number of nitrogens with one attached hydrogen (secondary N) is 4. The van der Waals surface area contributed by atoms with E-state index in [0.29, 0.717) is 74.0 Å². The van der Waals surface area contributed by atoms with Crippen LogP contribution in [0.5, 0.6) is 0 Å². The van der Waals surface area contributed by atoms with Gasteiger partial charge in [0.05, 0.1) is 48.3 Å². The number of nitrogens with zero attached hydrogens (tertiary/aromatic N) is 7. The molecule has 0 saturated heterocycles. The lowest BCUT2D eigenvalue weighted by Gasteiger charge is -2.22. The first-order chi connectivity index (χ1) is 36.9. The van der Waals surface area contributed by atoms with Crippen molar-refractivity contribution in [3.05, 3.63) is 111 Å². The first-order valence-corrected chi connectivity index (χ1v) is 28.7. The smallest absolute Gasteiger partial charge is 0.303 e. The number of nitrogens with two attached hydrogens (primary N) is 2. The van der Waals surface area contributed by atoms with Crippen LogP contribution in [0.1, 0.15) is 120 Å². The molecule has 8 rings (SSSR count). The van der Waals surface area contributed by atoms with Crippen molar-refractivity contribution in [3.63, 3.8) is 0 Å². The largest absolute Gasteiger partial charge is 0.456 e. The van der Waals surface area contributed by atoms with Gasteiger partial charge in [-0.05, 0) is 37.5 Å². The number of aryl methyl sites for hydroxylation is 1. The quantitative estimate of drug-likeness (QED) is 0.0351.